The molecule has 2 heterocycles. The predicted octanol–water partition coefficient (Wildman–Crippen LogP) is 1.92. The largest absolute Gasteiger partial charge is 0.391 e. The summed E-state index contributed by atoms with van der Waals surface area (Å²) in [5.74, 6) is 0.126. The van der Waals surface area contributed by atoms with Gasteiger partial charge in [0.1, 0.15) is 0 Å². The van der Waals surface area contributed by atoms with Gasteiger partial charge in [0.25, 0.3) is 0 Å². The lowest BCUT2D eigenvalue weighted by Gasteiger charge is -2.36. The number of aliphatic hydroxyl groups is 1. The van der Waals surface area contributed by atoms with E-state index >= 15 is 0 Å². The average molecular weight is 342 g/mol. The molecule has 1 atom stereocenters. The van der Waals surface area contributed by atoms with E-state index in [2.05, 4.69) is 0 Å². The quantitative estimate of drug-likeness (QED) is 0.854. The minimum Gasteiger partial charge on any atom is -0.391 e. The zero-order chi connectivity index (χ0) is 17.6. The first-order chi connectivity index (χ1) is 12.1. The number of nitrogens with zero attached hydrogens (tertiary/aromatic N) is 2. The molecule has 2 fully saturated rings. The normalized spacial score (nSPS) is 22.4. The molecule has 0 aromatic heterocycles. The van der Waals surface area contributed by atoms with Crippen molar-refractivity contribution in [2.24, 2.45) is 5.92 Å². The van der Waals surface area contributed by atoms with Gasteiger partial charge in [-0.3, -0.25) is 9.59 Å². The van der Waals surface area contributed by atoms with Gasteiger partial charge in [-0.1, -0.05) is 30.3 Å². The van der Waals surface area contributed by atoms with Gasteiger partial charge in [0.2, 0.25) is 11.8 Å². The molecule has 0 bridgehead atoms. The number of carbonyl (C=O) groups is 2. The zero-order valence-electron chi connectivity index (χ0n) is 14.5. The van der Waals surface area contributed by atoms with Crippen molar-refractivity contribution in [1.29, 1.82) is 0 Å². The number of carbonyl (C=O) groups excluding carboxylic acids is 2. The highest BCUT2D eigenvalue weighted by molar-refractivity contribution is 5.92. The molecule has 25 heavy (non-hydrogen) atoms. The molecular formula is C20H26N2O3. The number of rotatable bonds is 3. The third kappa shape index (κ3) is 4.69. The van der Waals surface area contributed by atoms with E-state index in [9.17, 15) is 14.7 Å². The molecule has 2 aliphatic heterocycles. The first kappa shape index (κ1) is 17.7. The number of piperidine rings is 2. The van der Waals surface area contributed by atoms with Crippen LogP contribution in [0.25, 0.3) is 6.08 Å². The Morgan fingerprint density at radius 1 is 1.00 bits per heavy atom. The second kappa shape index (κ2) is 8.30. The van der Waals surface area contributed by atoms with E-state index < -0.39 is 0 Å². The fraction of sp³-hybridized carbons (Fsp3) is 0.500. The highest BCUT2D eigenvalue weighted by atomic mass is 16.3. The maximum atomic E-state index is 12.6. The Hall–Kier alpha value is -2.14. The predicted molar refractivity (Wildman–Crippen MR) is 96.6 cm³/mol. The van der Waals surface area contributed by atoms with Crippen LogP contribution in [0.3, 0.4) is 0 Å². The number of amides is 2. The second-order valence-corrected chi connectivity index (χ2v) is 6.92. The van der Waals surface area contributed by atoms with E-state index in [4.69, 9.17) is 0 Å². The summed E-state index contributed by atoms with van der Waals surface area (Å²) in [6, 6.07) is 9.75. The number of hydrogen-bond donors (Lipinski definition) is 1. The fourth-order valence-corrected chi connectivity index (χ4v) is 3.60. The van der Waals surface area contributed by atoms with E-state index in [0.29, 0.717) is 32.5 Å². The van der Waals surface area contributed by atoms with Crippen molar-refractivity contribution in [2.75, 3.05) is 26.2 Å². The topological polar surface area (TPSA) is 60.9 Å². The van der Waals surface area contributed by atoms with Crippen LogP contribution in [0.15, 0.2) is 36.4 Å². The molecule has 1 N–H and O–H groups in total. The zero-order valence-corrected chi connectivity index (χ0v) is 14.5. The van der Waals surface area contributed by atoms with Gasteiger partial charge in [0.05, 0.1) is 6.10 Å². The van der Waals surface area contributed by atoms with Gasteiger partial charge in [-0.2, -0.15) is 0 Å². The van der Waals surface area contributed by atoms with Gasteiger partial charge < -0.3 is 14.9 Å². The van der Waals surface area contributed by atoms with Gasteiger partial charge in [-0.05, 0) is 37.3 Å². The average Bonchev–Trinajstić information content (AvgIpc) is 2.66. The maximum absolute atomic E-state index is 12.6. The third-order valence-electron chi connectivity index (χ3n) is 5.08. The minimum atomic E-state index is -0.387. The Kier molecular flexibility index (Phi) is 5.87. The number of aliphatic hydroxyl groups excluding tert-OH is 1. The number of hydrogen-bond acceptors (Lipinski definition) is 3. The van der Waals surface area contributed by atoms with E-state index in [1.165, 1.54) is 0 Å². The van der Waals surface area contributed by atoms with Crippen molar-refractivity contribution in [1.82, 2.24) is 9.80 Å². The van der Waals surface area contributed by atoms with Gasteiger partial charge in [0.15, 0.2) is 0 Å². The van der Waals surface area contributed by atoms with Crippen LogP contribution in [0, 0.1) is 5.92 Å². The van der Waals surface area contributed by atoms with Gasteiger partial charge >= 0.3 is 0 Å². The Balaban J connectivity index is 1.49. The molecule has 2 saturated heterocycles. The highest BCUT2D eigenvalue weighted by Gasteiger charge is 2.31. The number of likely N-dealkylation sites (tertiary alicyclic amines) is 2. The molecule has 3 rings (SSSR count). The van der Waals surface area contributed by atoms with Gasteiger partial charge in [-0.25, -0.2) is 0 Å². The number of β-amino-alcohol motifs (C(OH)–C–C–N with tert-alkyl or cyclic N) is 1. The van der Waals surface area contributed by atoms with Crippen molar-refractivity contribution in [3.63, 3.8) is 0 Å². The summed E-state index contributed by atoms with van der Waals surface area (Å²) in [5, 5.41) is 9.74. The monoisotopic (exact) mass is 342 g/mol. The van der Waals surface area contributed by atoms with Crippen LogP contribution in [0.2, 0.25) is 0 Å². The SMILES string of the molecule is O=C(C=Cc1ccccc1)N1CCC(C(=O)N2CCCC(O)C2)CC1. The lowest BCUT2D eigenvalue weighted by Crippen LogP contribution is -2.48. The lowest BCUT2D eigenvalue weighted by molar-refractivity contribution is -0.142. The molecule has 0 radical (unpaired) electrons. The van der Waals surface area contributed by atoms with Crippen molar-refractivity contribution >= 4 is 17.9 Å². The Labute approximate surface area is 148 Å². The van der Waals surface area contributed by atoms with Crippen LogP contribution in [-0.2, 0) is 9.59 Å². The van der Waals surface area contributed by atoms with Crippen LogP contribution in [0.4, 0.5) is 0 Å². The molecular weight excluding hydrogens is 316 g/mol. The third-order valence-corrected chi connectivity index (χ3v) is 5.08. The van der Waals surface area contributed by atoms with Crippen LogP contribution in [0.5, 0.6) is 0 Å². The molecule has 1 unspecified atom stereocenters. The van der Waals surface area contributed by atoms with Crippen LogP contribution in [0.1, 0.15) is 31.2 Å². The molecule has 0 saturated carbocycles. The van der Waals surface area contributed by atoms with E-state index in [-0.39, 0.29) is 23.8 Å². The first-order valence-electron chi connectivity index (χ1n) is 9.12. The van der Waals surface area contributed by atoms with Gasteiger partial charge in [-0.15, -0.1) is 0 Å². The Morgan fingerprint density at radius 2 is 1.72 bits per heavy atom. The first-order valence-corrected chi connectivity index (χ1v) is 9.12. The molecule has 2 amide bonds. The van der Waals surface area contributed by atoms with Crippen molar-refractivity contribution in [2.45, 2.75) is 31.8 Å². The lowest BCUT2D eigenvalue weighted by atomic mass is 9.94. The Morgan fingerprint density at radius 3 is 2.40 bits per heavy atom. The van der Waals surface area contributed by atoms with Crippen molar-refractivity contribution in [3.8, 4) is 0 Å². The van der Waals surface area contributed by atoms with Crippen LogP contribution >= 0.6 is 0 Å². The fourth-order valence-electron chi connectivity index (χ4n) is 3.60. The highest BCUT2D eigenvalue weighted by Crippen LogP contribution is 2.22. The van der Waals surface area contributed by atoms with Crippen molar-refractivity contribution < 1.29 is 14.7 Å². The smallest absolute Gasteiger partial charge is 0.246 e. The van der Waals surface area contributed by atoms with Gasteiger partial charge in [0, 0.05) is 38.2 Å². The van der Waals surface area contributed by atoms with Crippen LogP contribution < -0.4 is 0 Å². The molecule has 1 aromatic rings. The summed E-state index contributed by atoms with van der Waals surface area (Å²) in [5.41, 5.74) is 1.00. The minimum absolute atomic E-state index is 0.00291. The Bertz CT molecular complexity index is 621. The summed E-state index contributed by atoms with van der Waals surface area (Å²) < 4.78 is 0. The summed E-state index contributed by atoms with van der Waals surface area (Å²) in [6.45, 7) is 2.43. The summed E-state index contributed by atoms with van der Waals surface area (Å²) in [4.78, 5) is 28.5. The molecule has 0 spiro atoms. The molecule has 1 aromatic carbocycles. The summed E-state index contributed by atoms with van der Waals surface area (Å²) in [7, 11) is 0. The molecule has 2 aliphatic rings. The molecule has 134 valence electrons. The van der Waals surface area contributed by atoms with Crippen LogP contribution in [-0.4, -0.2) is 59.0 Å². The molecule has 0 aliphatic carbocycles. The van der Waals surface area contributed by atoms with E-state index in [0.717, 1.165) is 24.9 Å². The summed E-state index contributed by atoms with van der Waals surface area (Å²) in [6.07, 6.45) is 6.11. The summed E-state index contributed by atoms with van der Waals surface area (Å²) >= 11 is 0. The maximum Gasteiger partial charge on any atom is 0.246 e. The van der Waals surface area contributed by atoms with Crippen molar-refractivity contribution in [3.05, 3.63) is 42.0 Å². The standard InChI is InChI=1S/C20H26N2O3/c23-18-7-4-12-22(15-18)20(25)17-10-13-21(14-11-17)19(24)9-8-16-5-2-1-3-6-16/h1-3,5-6,8-9,17-18,23H,4,7,10-15H2. The molecule has 5 nitrogen and oxygen atoms in total. The second-order valence-electron chi connectivity index (χ2n) is 6.92. The van der Waals surface area contributed by atoms with E-state index in [1.54, 1.807) is 11.0 Å². The van der Waals surface area contributed by atoms with E-state index in [1.807, 2.05) is 41.3 Å². The molecule has 5 heteroatoms. The number of benzene rings is 1.